The van der Waals surface area contributed by atoms with Crippen LogP contribution in [0.3, 0.4) is 0 Å². The number of carbonyl (C=O) groups is 1. The van der Waals surface area contributed by atoms with E-state index in [1.807, 2.05) is 11.8 Å². The van der Waals surface area contributed by atoms with Crippen LogP contribution in [0, 0.1) is 12.8 Å². The minimum Gasteiger partial charge on any atom is -0.345 e. The van der Waals surface area contributed by atoms with Crippen LogP contribution in [0.5, 0.6) is 0 Å². The molecule has 2 fully saturated rings. The molecule has 0 saturated carbocycles. The lowest BCUT2D eigenvalue weighted by molar-refractivity contribution is -0.131. The molecule has 5 nitrogen and oxygen atoms in total. The van der Waals surface area contributed by atoms with E-state index in [0.717, 1.165) is 68.9 Å². The van der Waals surface area contributed by atoms with Crippen LogP contribution in [-0.4, -0.2) is 55.1 Å². The molecule has 3 heterocycles. The first-order chi connectivity index (χ1) is 10.7. The molecule has 8 heteroatoms. The summed E-state index contributed by atoms with van der Waals surface area (Å²) in [6, 6.07) is 0. The van der Waals surface area contributed by atoms with Crippen LogP contribution in [0.1, 0.15) is 31.4 Å². The molecule has 0 bridgehead atoms. The van der Waals surface area contributed by atoms with E-state index in [1.165, 1.54) is 12.8 Å². The average molecular weight is 395 g/mol. The first-order valence-corrected chi connectivity index (χ1v) is 9.26. The third-order valence-electron chi connectivity index (χ3n) is 4.73. The molecule has 138 valence electrons. The Morgan fingerprint density at radius 3 is 2.50 bits per heavy atom. The van der Waals surface area contributed by atoms with Crippen molar-refractivity contribution in [2.45, 2.75) is 32.6 Å². The normalized spacial score (nSPS) is 18.7. The number of aryl methyl sites for hydroxylation is 1. The first kappa shape index (κ1) is 21.5. The molecular weight excluding hydrogens is 367 g/mol. The summed E-state index contributed by atoms with van der Waals surface area (Å²) in [5.41, 5.74) is 1.08. The van der Waals surface area contributed by atoms with Crippen molar-refractivity contribution in [3.63, 3.8) is 0 Å². The average Bonchev–Trinajstić information content (AvgIpc) is 3.00. The smallest absolute Gasteiger partial charge is 0.222 e. The van der Waals surface area contributed by atoms with Gasteiger partial charge in [0.2, 0.25) is 5.91 Å². The highest BCUT2D eigenvalue weighted by Crippen LogP contribution is 2.22. The van der Waals surface area contributed by atoms with Crippen molar-refractivity contribution in [3.8, 4) is 0 Å². The van der Waals surface area contributed by atoms with Crippen LogP contribution < -0.4 is 10.2 Å². The van der Waals surface area contributed by atoms with Crippen molar-refractivity contribution < 1.29 is 4.79 Å². The SMILES string of the molecule is Cc1csc(N2CCN(C(=O)CCC3CCNCC3)CC2)n1.Cl.Cl. The fraction of sp³-hybridized carbons (Fsp3) is 0.750. The highest BCUT2D eigenvalue weighted by atomic mass is 35.5. The summed E-state index contributed by atoms with van der Waals surface area (Å²) < 4.78 is 0. The molecule has 0 aliphatic carbocycles. The number of anilines is 1. The van der Waals surface area contributed by atoms with Gasteiger partial charge in [0.05, 0.1) is 5.69 Å². The fourth-order valence-corrected chi connectivity index (χ4v) is 4.15. The van der Waals surface area contributed by atoms with Crippen molar-refractivity contribution in [2.24, 2.45) is 5.92 Å². The standard InChI is InChI=1S/C16H26N4OS.2ClH/c1-13-12-22-16(18-13)20-10-8-19(9-11-20)15(21)3-2-14-4-6-17-7-5-14;;/h12,14,17H,2-11H2,1H3;2*1H. The highest BCUT2D eigenvalue weighted by molar-refractivity contribution is 7.13. The minimum absolute atomic E-state index is 0. The van der Waals surface area contributed by atoms with Gasteiger partial charge in [0.25, 0.3) is 0 Å². The molecule has 0 unspecified atom stereocenters. The summed E-state index contributed by atoms with van der Waals surface area (Å²) in [4.78, 5) is 21.2. The van der Waals surface area contributed by atoms with Crippen molar-refractivity contribution in [3.05, 3.63) is 11.1 Å². The molecule has 24 heavy (non-hydrogen) atoms. The number of thiazole rings is 1. The lowest BCUT2D eigenvalue weighted by Gasteiger charge is -2.35. The second-order valence-electron chi connectivity index (χ2n) is 6.37. The van der Waals surface area contributed by atoms with Crippen LogP contribution in [0.2, 0.25) is 0 Å². The van der Waals surface area contributed by atoms with Gasteiger partial charge in [-0.3, -0.25) is 4.79 Å². The molecule has 1 N–H and O–H groups in total. The summed E-state index contributed by atoms with van der Waals surface area (Å²) in [7, 11) is 0. The van der Waals surface area contributed by atoms with Gasteiger partial charge in [0.1, 0.15) is 0 Å². The number of piperazine rings is 1. The predicted molar refractivity (Wildman–Crippen MR) is 105 cm³/mol. The second-order valence-corrected chi connectivity index (χ2v) is 7.21. The van der Waals surface area contributed by atoms with E-state index in [0.29, 0.717) is 5.91 Å². The number of aromatic nitrogens is 1. The summed E-state index contributed by atoms with van der Waals surface area (Å²) in [6.07, 6.45) is 4.24. The number of nitrogens with one attached hydrogen (secondary N) is 1. The zero-order valence-electron chi connectivity index (χ0n) is 14.2. The Hall–Kier alpha value is -0.560. The summed E-state index contributed by atoms with van der Waals surface area (Å²) >= 11 is 1.70. The van der Waals surface area contributed by atoms with Gasteiger partial charge >= 0.3 is 0 Å². The second kappa shape index (κ2) is 10.4. The topological polar surface area (TPSA) is 48.5 Å². The van der Waals surface area contributed by atoms with Crippen LogP contribution in [0.15, 0.2) is 5.38 Å². The molecular formula is C16H28Cl2N4OS. The molecule has 0 aromatic carbocycles. The first-order valence-electron chi connectivity index (χ1n) is 8.38. The van der Waals surface area contributed by atoms with E-state index < -0.39 is 0 Å². The van der Waals surface area contributed by atoms with Crippen LogP contribution >= 0.6 is 36.2 Å². The van der Waals surface area contributed by atoms with Gasteiger partial charge in [-0.1, -0.05) is 0 Å². The predicted octanol–water partition coefficient (Wildman–Crippen LogP) is 2.72. The number of carbonyl (C=O) groups excluding carboxylic acids is 1. The number of piperidine rings is 1. The molecule has 1 aromatic heterocycles. The molecule has 2 aliphatic rings. The molecule has 0 spiro atoms. The number of amides is 1. The number of nitrogens with zero attached hydrogens (tertiary/aromatic N) is 3. The molecule has 1 aromatic rings. The van der Waals surface area contributed by atoms with Crippen molar-refractivity contribution >= 4 is 47.2 Å². The maximum atomic E-state index is 12.4. The molecule has 0 radical (unpaired) electrons. The van der Waals surface area contributed by atoms with Crippen LogP contribution in [0.25, 0.3) is 0 Å². The van der Waals surface area contributed by atoms with Gasteiger partial charge in [-0.2, -0.15) is 0 Å². The number of halogens is 2. The van der Waals surface area contributed by atoms with Crippen molar-refractivity contribution in [1.29, 1.82) is 0 Å². The van der Waals surface area contributed by atoms with E-state index in [4.69, 9.17) is 0 Å². The van der Waals surface area contributed by atoms with Gasteiger partial charge < -0.3 is 15.1 Å². The van der Waals surface area contributed by atoms with Gasteiger partial charge in [-0.15, -0.1) is 36.2 Å². The zero-order valence-corrected chi connectivity index (χ0v) is 16.6. The van der Waals surface area contributed by atoms with E-state index in [-0.39, 0.29) is 24.8 Å². The zero-order chi connectivity index (χ0) is 15.4. The van der Waals surface area contributed by atoms with Gasteiger partial charge in [-0.05, 0) is 45.2 Å². The Balaban J connectivity index is 0.00000144. The van der Waals surface area contributed by atoms with Crippen molar-refractivity contribution in [1.82, 2.24) is 15.2 Å². The Morgan fingerprint density at radius 1 is 1.25 bits per heavy atom. The lowest BCUT2D eigenvalue weighted by Crippen LogP contribution is -2.48. The lowest BCUT2D eigenvalue weighted by atomic mass is 9.93. The Bertz CT molecular complexity index is 500. The molecule has 2 aliphatic heterocycles. The number of hydrogen-bond donors (Lipinski definition) is 1. The maximum Gasteiger partial charge on any atom is 0.222 e. The largest absolute Gasteiger partial charge is 0.345 e. The third kappa shape index (κ3) is 5.76. The Labute approximate surface area is 161 Å². The van der Waals surface area contributed by atoms with E-state index >= 15 is 0 Å². The monoisotopic (exact) mass is 394 g/mol. The molecule has 2 saturated heterocycles. The fourth-order valence-electron chi connectivity index (χ4n) is 3.29. The summed E-state index contributed by atoms with van der Waals surface area (Å²) in [5.74, 6) is 1.08. The molecule has 0 atom stereocenters. The van der Waals surface area contributed by atoms with E-state index in [1.54, 1.807) is 11.3 Å². The maximum absolute atomic E-state index is 12.4. The quantitative estimate of drug-likeness (QED) is 0.852. The van der Waals surface area contributed by atoms with Gasteiger partial charge in [-0.25, -0.2) is 4.98 Å². The minimum atomic E-state index is 0. The third-order valence-corrected chi connectivity index (χ3v) is 5.75. The summed E-state index contributed by atoms with van der Waals surface area (Å²) in [6.45, 7) is 7.75. The van der Waals surface area contributed by atoms with Crippen molar-refractivity contribution in [2.75, 3.05) is 44.2 Å². The molecule has 3 rings (SSSR count). The number of rotatable bonds is 4. The highest BCUT2D eigenvalue weighted by Gasteiger charge is 2.23. The van der Waals surface area contributed by atoms with Gasteiger partial charge in [0.15, 0.2) is 5.13 Å². The molecule has 1 amide bonds. The van der Waals surface area contributed by atoms with E-state index in [9.17, 15) is 4.79 Å². The Kier molecular flexibility index (Phi) is 9.34. The van der Waals surface area contributed by atoms with Gasteiger partial charge in [0, 0.05) is 38.0 Å². The summed E-state index contributed by atoms with van der Waals surface area (Å²) in [5, 5.41) is 6.57. The van der Waals surface area contributed by atoms with E-state index in [2.05, 4.69) is 20.6 Å². The van der Waals surface area contributed by atoms with Crippen LogP contribution in [-0.2, 0) is 4.79 Å². The van der Waals surface area contributed by atoms with Crippen LogP contribution in [0.4, 0.5) is 5.13 Å². The Morgan fingerprint density at radius 2 is 1.92 bits per heavy atom. The number of hydrogen-bond acceptors (Lipinski definition) is 5.